The van der Waals surface area contributed by atoms with E-state index in [2.05, 4.69) is 5.32 Å². The van der Waals surface area contributed by atoms with Crippen molar-refractivity contribution in [3.8, 4) is 0 Å². The molecule has 2 amide bonds. The molecule has 7 nitrogen and oxygen atoms in total. The standard InChI is InChI=1S/C27H32Cl2F3N3O4S/c1-18(26(37)33-22-8-3-4-9-22)34(17-19-12-13-21(28)16-24(19)29)25(36)11-6-14-35(40(2,38)39)23-10-5-7-20(15-23)27(30,31)32/h5,7,10,12-13,15-16,18,22H,3-4,6,8-9,11,14,17H2,1-2H3,(H,33,37)/t18-/m1/s1. The van der Waals surface area contributed by atoms with Gasteiger partial charge >= 0.3 is 6.18 Å². The van der Waals surface area contributed by atoms with Crippen molar-refractivity contribution in [2.24, 2.45) is 0 Å². The number of anilines is 1. The molecule has 1 aliphatic rings. The highest BCUT2D eigenvalue weighted by atomic mass is 35.5. The molecule has 3 rings (SSSR count). The first-order valence-electron chi connectivity index (χ1n) is 12.9. The average molecular weight is 623 g/mol. The molecule has 1 saturated carbocycles. The fourth-order valence-electron chi connectivity index (χ4n) is 4.65. The monoisotopic (exact) mass is 621 g/mol. The zero-order chi connectivity index (χ0) is 29.7. The molecule has 0 unspecified atom stereocenters. The maximum atomic E-state index is 13.4. The SMILES string of the molecule is C[C@H](C(=O)NC1CCCC1)N(Cc1ccc(Cl)cc1Cl)C(=O)CCCN(c1cccc(C(F)(F)F)c1)S(C)(=O)=O. The van der Waals surface area contributed by atoms with Crippen LogP contribution in [0.15, 0.2) is 42.5 Å². The molecule has 13 heteroatoms. The third kappa shape index (κ3) is 8.75. The van der Waals surface area contributed by atoms with Gasteiger partial charge in [0.2, 0.25) is 21.8 Å². The van der Waals surface area contributed by atoms with Crippen molar-refractivity contribution in [3.05, 3.63) is 63.6 Å². The minimum absolute atomic E-state index is 0.00393. The fraction of sp³-hybridized carbons (Fsp3) is 0.481. The second-order valence-electron chi connectivity index (χ2n) is 9.91. The Morgan fingerprint density at radius 3 is 2.38 bits per heavy atom. The quantitative estimate of drug-likeness (QED) is 0.332. The minimum Gasteiger partial charge on any atom is -0.352 e. The van der Waals surface area contributed by atoms with E-state index in [4.69, 9.17) is 23.2 Å². The van der Waals surface area contributed by atoms with Crippen LogP contribution in [0.2, 0.25) is 10.0 Å². The maximum absolute atomic E-state index is 13.4. The first kappa shape index (κ1) is 32.0. The van der Waals surface area contributed by atoms with Crippen molar-refractivity contribution in [2.75, 3.05) is 17.1 Å². The van der Waals surface area contributed by atoms with E-state index in [0.29, 0.717) is 15.6 Å². The fourth-order valence-corrected chi connectivity index (χ4v) is 6.07. The largest absolute Gasteiger partial charge is 0.416 e. The molecule has 0 radical (unpaired) electrons. The molecule has 0 aromatic heterocycles. The van der Waals surface area contributed by atoms with Gasteiger partial charge in [-0.15, -0.1) is 0 Å². The van der Waals surface area contributed by atoms with Gasteiger partial charge in [-0.1, -0.05) is 48.2 Å². The van der Waals surface area contributed by atoms with E-state index in [1.165, 1.54) is 17.0 Å². The number of carbonyl (C=O) groups excluding carboxylic acids is 2. The van der Waals surface area contributed by atoms with Gasteiger partial charge in [0.05, 0.1) is 17.5 Å². The Labute approximate surface area is 242 Å². The van der Waals surface area contributed by atoms with Crippen molar-refractivity contribution in [1.29, 1.82) is 0 Å². The predicted octanol–water partition coefficient (Wildman–Crippen LogP) is 6.03. The summed E-state index contributed by atoms with van der Waals surface area (Å²) >= 11 is 12.3. The van der Waals surface area contributed by atoms with Crippen molar-refractivity contribution in [3.63, 3.8) is 0 Å². The van der Waals surface area contributed by atoms with E-state index < -0.39 is 33.7 Å². The Bertz CT molecular complexity index is 1320. The summed E-state index contributed by atoms with van der Waals surface area (Å²) in [5.41, 5.74) is -0.566. The van der Waals surface area contributed by atoms with Crippen LogP contribution in [0.1, 0.15) is 56.6 Å². The van der Waals surface area contributed by atoms with Gasteiger partial charge in [0, 0.05) is 35.6 Å². The third-order valence-electron chi connectivity index (χ3n) is 6.84. The van der Waals surface area contributed by atoms with Gasteiger partial charge in [0.1, 0.15) is 6.04 Å². The number of hydrogen-bond acceptors (Lipinski definition) is 4. The van der Waals surface area contributed by atoms with Crippen LogP contribution in [-0.4, -0.2) is 50.0 Å². The van der Waals surface area contributed by atoms with E-state index in [-0.39, 0.29) is 43.6 Å². The number of nitrogens with one attached hydrogen (secondary N) is 1. The first-order chi connectivity index (χ1) is 18.7. The van der Waals surface area contributed by atoms with Crippen LogP contribution >= 0.6 is 23.2 Å². The van der Waals surface area contributed by atoms with Gasteiger partial charge in [-0.3, -0.25) is 13.9 Å². The Kier molecular flexibility index (Phi) is 10.8. The number of hydrogen-bond donors (Lipinski definition) is 1. The summed E-state index contributed by atoms with van der Waals surface area (Å²) in [6.45, 7) is 1.39. The number of benzene rings is 2. The number of halogens is 5. The lowest BCUT2D eigenvalue weighted by Crippen LogP contribution is -2.49. The van der Waals surface area contributed by atoms with Crippen LogP contribution in [0.3, 0.4) is 0 Å². The van der Waals surface area contributed by atoms with Crippen molar-refractivity contribution < 1.29 is 31.2 Å². The number of carbonyl (C=O) groups is 2. The highest BCUT2D eigenvalue weighted by molar-refractivity contribution is 7.92. The summed E-state index contributed by atoms with van der Waals surface area (Å²) in [4.78, 5) is 27.8. The number of sulfonamides is 1. The summed E-state index contributed by atoms with van der Waals surface area (Å²) < 4.78 is 65.3. The molecule has 0 aliphatic heterocycles. The van der Waals surface area contributed by atoms with Crippen LogP contribution in [-0.2, 0) is 32.3 Å². The van der Waals surface area contributed by atoms with Crippen LogP contribution in [0.25, 0.3) is 0 Å². The smallest absolute Gasteiger partial charge is 0.352 e. The van der Waals surface area contributed by atoms with Gasteiger partial charge < -0.3 is 10.2 Å². The second-order valence-corrected chi connectivity index (χ2v) is 12.7. The topological polar surface area (TPSA) is 86.8 Å². The Morgan fingerprint density at radius 1 is 1.10 bits per heavy atom. The Hall–Kier alpha value is -2.50. The highest BCUT2D eigenvalue weighted by Crippen LogP contribution is 2.32. The molecule has 1 atom stereocenters. The Morgan fingerprint density at radius 2 is 1.77 bits per heavy atom. The van der Waals surface area contributed by atoms with Gasteiger partial charge in [-0.25, -0.2) is 8.42 Å². The van der Waals surface area contributed by atoms with Gasteiger partial charge in [-0.05, 0) is 62.1 Å². The number of nitrogens with zero attached hydrogens (tertiary/aromatic N) is 2. The van der Waals surface area contributed by atoms with Crippen LogP contribution < -0.4 is 9.62 Å². The van der Waals surface area contributed by atoms with Crippen LogP contribution in [0, 0.1) is 0 Å². The van der Waals surface area contributed by atoms with Crippen LogP contribution in [0.4, 0.5) is 18.9 Å². The number of amides is 2. The summed E-state index contributed by atoms with van der Waals surface area (Å²) in [5.74, 6) is -0.746. The van der Waals surface area contributed by atoms with Gasteiger partial charge in [-0.2, -0.15) is 13.2 Å². The highest BCUT2D eigenvalue weighted by Gasteiger charge is 2.32. The molecule has 220 valence electrons. The van der Waals surface area contributed by atoms with E-state index in [9.17, 15) is 31.2 Å². The maximum Gasteiger partial charge on any atom is 0.416 e. The van der Waals surface area contributed by atoms with Crippen LogP contribution in [0.5, 0.6) is 0 Å². The molecular weight excluding hydrogens is 590 g/mol. The summed E-state index contributed by atoms with van der Waals surface area (Å²) in [7, 11) is -3.95. The van der Waals surface area contributed by atoms with Crippen molar-refractivity contribution >= 4 is 50.7 Å². The van der Waals surface area contributed by atoms with E-state index in [1.54, 1.807) is 19.1 Å². The average Bonchev–Trinajstić information content (AvgIpc) is 3.37. The molecule has 1 aliphatic carbocycles. The summed E-state index contributed by atoms with van der Waals surface area (Å²) in [6.07, 6.45) is -0.136. The molecule has 0 bridgehead atoms. The van der Waals surface area contributed by atoms with Crippen molar-refractivity contribution in [1.82, 2.24) is 10.2 Å². The van der Waals surface area contributed by atoms with E-state index in [1.807, 2.05) is 0 Å². The molecular formula is C27H32Cl2F3N3O4S. The molecule has 40 heavy (non-hydrogen) atoms. The zero-order valence-electron chi connectivity index (χ0n) is 22.2. The van der Waals surface area contributed by atoms with Crippen molar-refractivity contribution in [2.45, 2.75) is 70.3 Å². The summed E-state index contributed by atoms with van der Waals surface area (Å²) in [6, 6.07) is 8.00. The Balaban J connectivity index is 1.77. The lowest BCUT2D eigenvalue weighted by atomic mass is 10.1. The van der Waals surface area contributed by atoms with E-state index in [0.717, 1.165) is 54.4 Å². The van der Waals surface area contributed by atoms with E-state index >= 15 is 0 Å². The molecule has 1 N–H and O–H groups in total. The number of alkyl halides is 3. The molecule has 2 aromatic carbocycles. The lowest BCUT2D eigenvalue weighted by Gasteiger charge is -2.30. The zero-order valence-corrected chi connectivity index (χ0v) is 24.5. The molecule has 1 fully saturated rings. The normalized spacial score (nSPS) is 15.1. The predicted molar refractivity (Wildman–Crippen MR) is 150 cm³/mol. The molecule has 0 spiro atoms. The van der Waals surface area contributed by atoms with Gasteiger partial charge in [0.15, 0.2) is 0 Å². The molecule has 2 aromatic rings. The third-order valence-corrected chi connectivity index (χ3v) is 8.62. The first-order valence-corrected chi connectivity index (χ1v) is 15.5. The second kappa shape index (κ2) is 13.4. The van der Waals surface area contributed by atoms with Gasteiger partial charge in [0.25, 0.3) is 0 Å². The molecule has 0 saturated heterocycles. The minimum atomic E-state index is -4.65. The lowest BCUT2D eigenvalue weighted by molar-refractivity contribution is -0.141. The summed E-state index contributed by atoms with van der Waals surface area (Å²) in [5, 5.41) is 3.72. The number of rotatable bonds is 11. The molecule has 0 heterocycles.